The van der Waals surface area contributed by atoms with E-state index in [0.29, 0.717) is 38.7 Å². The van der Waals surface area contributed by atoms with Gasteiger partial charge < -0.3 is 14.2 Å². The monoisotopic (exact) mass is 436 g/mol. The molecule has 28 heavy (non-hydrogen) atoms. The topological polar surface area (TPSA) is 53.5 Å². The van der Waals surface area contributed by atoms with Crippen molar-refractivity contribution in [3.63, 3.8) is 0 Å². The van der Waals surface area contributed by atoms with Gasteiger partial charge in [-0.1, -0.05) is 41.0 Å². The number of hydrogen-bond acceptors (Lipinski definition) is 6. The molecular weight excluding hydrogens is 419 g/mol. The highest BCUT2D eigenvalue weighted by atomic mass is 35.5. The van der Waals surface area contributed by atoms with Crippen molar-refractivity contribution in [3.8, 4) is 28.5 Å². The standard InChI is InChI=1S/C20H18Cl2N2O3S/c1-25-17-8-13(9-18(26-2)20(17)27-3)16-6-7-19(24-23-16)28-11-12-4-5-14(21)10-15(12)22/h4-10H,11H2,1-3H3. The summed E-state index contributed by atoms with van der Waals surface area (Å²) in [5, 5.41) is 10.7. The van der Waals surface area contributed by atoms with Crippen LogP contribution in [0.25, 0.3) is 11.3 Å². The van der Waals surface area contributed by atoms with Crippen LogP contribution in [-0.4, -0.2) is 31.5 Å². The molecule has 3 rings (SSSR count). The average molecular weight is 437 g/mol. The molecule has 0 unspecified atom stereocenters. The molecule has 0 N–H and O–H groups in total. The predicted octanol–water partition coefficient (Wildman–Crippen LogP) is 5.77. The highest BCUT2D eigenvalue weighted by Crippen LogP contribution is 2.40. The first-order valence-corrected chi connectivity index (χ1v) is 10.0. The lowest BCUT2D eigenvalue weighted by Crippen LogP contribution is -1.97. The summed E-state index contributed by atoms with van der Waals surface area (Å²) in [5.74, 6) is 2.34. The number of hydrogen-bond donors (Lipinski definition) is 0. The molecule has 0 saturated heterocycles. The van der Waals surface area contributed by atoms with Crippen LogP contribution in [-0.2, 0) is 5.75 Å². The number of aromatic nitrogens is 2. The lowest BCUT2D eigenvalue weighted by Gasteiger charge is -2.13. The SMILES string of the molecule is COc1cc(-c2ccc(SCc3ccc(Cl)cc3Cl)nn2)cc(OC)c1OC. The van der Waals surface area contributed by atoms with E-state index in [1.807, 2.05) is 36.4 Å². The second-order valence-electron chi connectivity index (χ2n) is 5.70. The molecule has 1 heterocycles. The molecule has 0 spiro atoms. The Morgan fingerprint density at radius 3 is 2.11 bits per heavy atom. The number of halogens is 2. The van der Waals surface area contributed by atoms with E-state index in [9.17, 15) is 0 Å². The van der Waals surface area contributed by atoms with Crippen LogP contribution < -0.4 is 14.2 Å². The zero-order chi connectivity index (χ0) is 20.1. The van der Waals surface area contributed by atoms with Crippen LogP contribution >= 0.6 is 35.0 Å². The molecule has 0 bridgehead atoms. The van der Waals surface area contributed by atoms with E-state index >= 15 is 0 Å². The lowest BCUT2D eigenvalue weighted by atomic mass is 10.1. The number of benzene rings is 2. The van der Waals surface area contributed by atoms with Crippen molar-refractivity contribution < 1.29 is 14.2 Å². The minimum Gasteiger partial charge on any atom is -0.493 e. The van der Waals surface area contributed by atoms with Crippen molar-refractivity contribution in [3.05, 3.63) is 58.1 Å². The van der Waals surface area contributed by atoms with Crippen molar-refractivity contribution in [2.45, 2.75) is 10.8 Å². The Hall–Kier alpha value is -2.15. The van der Waals surface area contributed by atoms with Crippen LogP contribution in [0, 0.1) is 0 Å². The molecule has 8 heteroatoms. The molecule has 0 atom stereocenters. The Kier molecular flexibility index (Phi) is 6.88. The van der Waals surface area contributed by atoms with Gasteiger partial charge in [-0.05, 0) is 42.0 Å². The highest BCUT2D eigenvalue weighted by Gasteiger charge is 2.15. The molecule has 146 valence electrons. The number of methoxy groups -OCH3 is 3. The van der Waals surface area contributed by atoms with Crippen LogP contribution in [0.15, 0.2) is 47.5 Å². The van der Waals surface area contributed by atoms with E-state index in [1.165, 1.54) is 0 Å². The smallest absolute Gasteiger partial charge is 0.203 e. The Labute approximate surface area is 177 Å². The molecule has 0 aliphatic carbocycles. The molecule has 0 saturated carbocycles. The Balaban J connectivity index is 1.79. The van der Waals surface area contributed by atoms with Crippen LogP contribution in [0.5, 0.6) is 17.2 Å². The second kappa shape index (κ2) is 9.37. The van der Waals surface area contributed by atoms with Crippen LogP contribution in [0.4, 0.5) is 0 Å². The lowest BCUT2D eigenvalue weighted by molar-refractivity contribution is 0.324. The molecule has 0 radical (unpaired) electrons. The predicted molar refractivity (Wildman–Crippen MR) is 113 cm³/mol. The van der Waals surface area contributed by atoms with Gasteiger partial charge in [-0.3, -0.25) is 0 Å². The van der Waals surface area contributed by atoms with Crippen LogP contribution in [0.2, 0.25) is 10.0 Å². The van der Waals surface area contributed by atoms with Gasteiger partial charge in [-0.25, -0.2) is 0 Å². The average Bonchev–Trinajstić information content (AvgIpc) is 2.72. The third-order valence-corrected chi connectivity index (χ3v) is 5.55. The molecule has 0 amide bonds. The summed E-state index contributed by atoms with van der Waals surface area (Å²) in [6.07, 6.45) is 0. The van der Waals surface area contributed by atoms with E-state index in [2.05, 4.69) is 10.2 Å². The summed E-state index contributed by atoms with van der Waals surface area (Å²) < 4.78 is 16.1. The van der Waals surface area contributed by atoms with E-state index < -0.39 is 0 Å². The summed E-state index contributed by atoms with van der Waals surface area (Å²) in [4.78, 5) is 0. The normalized spacial score (nSPS) is 10.6. The number of rotatable bonds is 7. The maximum absolute atomic E-state index is 6.22. The van der Waals surface area contributed by atoms with Crippen molar-refractivity contribution in [1.29, 1.82) is 0 Å². The number of nitrogens with zero attached hydrogens (tertiary/aromatic N) is 2. The van der Waals surface area contributed by atoms with Crippen molar-refractivity contribution in [2.75, 3.05) is 21.3 Å². The number of ether oxygens (including phenoxy) is 3. The zero-order valence-corrected chi connectivity index (χ0v) is 17.9. The zero-order valence-electron chi connectivity index (χ0n) is 15.5. The molecule has 5 nitrogen and oxygen atoms in total. The fraction of sp³-hybridized carbons (Fsp3) is 0.200. The largest absolute Gasteiger partial charge is 0.493 e. The van der Waals surface area contributed by atoms with Crippen molar-refractivity contribution in [2.24, 2.45) is 0 Å². The summed E-state index contributed by atoms with van der Waals surface area (Å²) >= 11 is 13.7. The Morgan fingerprint density at radius 1 is 0.857 bits per heavy atom. The minimum atomic E-state index is 0.536. The Morgan fingerprint density at radius 2 is 1.57 bits per heavy atom. The number of thioether (sulfide) groups is 1. The molecule has 3 aromatic rings. The van der Waals surface area contributed by atoms with Crippen LogP contribution in [0.3, 0.4) is 0 Å². The van der Waals surface area contributed by atoms with Gasteiger partial charge in [0.2, 0.25) is 5.75 Å². The Bertz CT molecular complexity index is 943. The van der Waals surface area contributed by atoms with Gasteiger partial charge in [0.1, 0.15) is 5.03 Å². The highest BCUT2D eigenvalue weighted by molar-refractivity contribution is 7.98. The first-order valence-electron chi connectivity index (χ1n) is 8.26. The molecule has 0 aliphatic heterocycles. The van der Waals surface area contributed by atoms with E-state index in [-0.39, 0.29) is 0 Å². The first-order chi connectivity index (χ1) is 13.5. The molecule has 0 aliphatic rings. The van der Waals surface area contributed by atoms with Gasteiger partial charge in [0.25, 0.3) is 0 Å². The fourth-order valence-corrected chi connectivity index (χ4v) is 3.94. The molecule has 1 aromatic heterocycles. The maximum Gasteiger partial charge on any atom is 0.203 e. The third-order valence-electron chi connectivity index (χ3n) is 3.99. The van der Waals surface area contributed by atoms with Crippen molar-refractivity contribution >= 4 is 35.0 Å². The summed E-state index contributed by atoms with van der Waals surface area (Å²) in [7, 11) is 4.72. The summed E-state index contributed by atoms with van der Waals surface area (Å²) in [6.45, 7) is 0. The van der Waals surface area contributed by atoms with Gasteiger partial charge in [-0.15, -0.1) is 10.2 Å². The third kappa shape index (κ3) is 4.63. The fourth-order valence-electron chi connectivity index (χ4n) is 2.57. The van der Waals surface area contributed by atoms with Gasteiger partial charge in [-0.2, -0.15) is 0 Å². The van der Waals surface area contributed by atoms with Gasteiger partial charge in [0.05, 0.1) is 27.0 Å². The minimum absolute atomic E-state index is 0.536. The maximum atomic E-state index is 6.22. The van der Waals surface area contributed by atoms with Gasteiger partial charge >= 0.3 is 0 Å². The summed E-state index contributed by atoms with van der Waals surface area (Å²) in [5.41, 5.74) is 2.51. The van der Waals surface area contributed by atoms with E-state index in [4.69, 9.17) is 37.4 Å². The first kappa shape index (κ1) is 20.6. The molecule has 2 aromatic carbocycles. The molecule has 0 fully saturated rings. The quantitative estimate of drug-likeness (QED) is 0.438. The van der Waals surface area contributed by atoms with Crippen molar-refractivity contribution in [1.82, 2.24) is 10.2 Å². The van der Waals surface area contributed by atoms with Crippen LogP contribution in [0.1, 0.15) is 5.56 Å². The molecular formula is C20H18Cl2N2O3S. The summed E-state index contributed by atoms with van der Waals surface area (Å²) in [6, 6.07) is 13.0. The van der Waals surface area contributed by atoms with Gasteiger partial charge in [0.15, 0.2) is 11.5 Å². The van der Waals surface area contributed by atoms with E-state index in [0.717, 1.165) is 16.2 Å². The second-order valence-corrected chi connectivity index (χ2v) is 7.53. The van der Waals surface area contributed by atoms with E-state index in [1.54, 1.807) is 39.2 Å². The van der Waals surface area contributed by atoms with Gasteiger partial charge in [0, 0.05) is 21.4 Å².